The molecule has 3 heterocycles. The van der Waals surface area contributed by atoms with E-state index in [1.54, 1.807) is 4.52 Å². The summed E-state index contributed by atoms with van der Waals surface area (Å²) in [5, 5.41) is 11.3. The van der Waals surface area contributed by atoms with E-state index in [2.05, 4.69) is 58.6 Å². The van der Waals surface area contributed by atoms with E-state index >= 15 is 0 Å². The van der Waals surface area contributed by atoms with Crippen molar-refractivity contribution < 1.29 is 4.74 Å². The van der Waals surface area contributed by atoms with E-state index in [9.17, 15) is 0 Å². The molecular weight excluding hydrogens is 340 g/mol. The highest BCUT2D eigenvalue weighted by atomic mass is 16.5. The van der Waals surface area contributed by atoms with Gasteiger partial charge in [-0.15, -0.1) is 0 Å². The zero-order valence-electron chi connectivity index (χ0n) is 16.0. The van der Waals surface area contributed by atoms with E-state index in [0.717, 1.165) is 30.7 Å². The molecule has 0 amide bonds. The first kappa shape index (κ1) is 17.7. The summed E-state index contributed by atoms with van der Waals surface area (Å²) in [6.45, 7) is 8.18. The Hall–Kier alpha value is -2.67. The molecule has 27 heavy (non-hydrogen) atoms. The Balaban J connectivity index is 1.70. The van der Waals surface area contributed by atoms with Crippen LogP contribution in [0.1, 0.15) is 50.3 Å². The molecule has 1 aliphatic heterocycles. The first-order valence-electron chi connectivity index (χ1n) is 9.56. The molecule has 4 rings (SSSR count). The van der Waals surface area contributed by atoms with Crippen LogP contribution >= 0.6 is 0 Å². The van der Waals surface area contributed by atoms with Crippen LogP contribution in [0.5, 0.6) is 6.01 Å². The Morgan fingerprint density at radius 1 is 1.19 bits per heavy atom. The number of nitrogens with zero attached hydrogens (tertiary/aromatic N) is 4. The molecule has 7 heteroatoms. The number of ether oxygens (including phenoxy) is 1. The lowest BCUT2D eigenvalue weighted by atomic mass is 10.1. The summed E-state index contributed by atoms with van der Waals surface area (Å²) in [6.07, 6.45) is 2.94. The first-order valence-corrected chi connectivity index (χ1v) is 9.56. The molecule has 2 aromatic heterocycles. The molecule has 0 radical (unpaired) electrons. The quantitative estimate of drug-likeness (QED) is 0.698. The topological polar surface area (TPSA) is 76.4 Å². The second-order valence-electron chi connectivity index (χ2n) is 7.33. The predicted molar refractivity (Wildman–Crippen MR) is 105 cm³/mol. The molecule has 0 bridgehead atoms. The van der Waals surface area contributed by atoms with Crippen molar-refractivity contribution in [3.05, 3.63) is 47.7 Å². The third-order valence-corrected chi connectivity index (χ3v) is 4.93. The van der Waals surface area contributed by atoms with Gasteiger partial charge in [-0.2, -0.15) is 19.6 Å². The summed E-state index contributed by atoms with van der Waals surface area (Å²) in [5.74, 6) is 0.960. The second-order valence-corrected chi connectivity index (χ2v) is 7.33. The predicted octanol–water partition coefficient (Wildman–Crippen LogP) is 3.16. The van der Waals surface area contributed by atoms with Crippen LogP contribution in [0.2, 0.25) is 0 Å². The van der Waals surface area contributed by atoms with Crippen LogP contribution in [-0.4, -0.2) is 38.8 Å². The fourth-order valence-corrected chi connectivity index (χ4v) is 3.33. The smallest absolute Gasteiger partial charge is 0.322 e. The minimum absolute atomic E-state index is 0.0806. The Morgan fingerprint density at radius 2 is 2.00 bits per heavy atom. The summed E-state index contributed by atoms with van der Waals surface area (Å²) in [4.78, 5) is 9.29. The van der Waals surface area contributed by atoms with Gasteiger partial charge in [-0.05, 0) is 31.4 Å². The summed E-state index contributed by atoms with van der Waals surface area (Å²) < 4.78 is 7.82. The fourth-order valence-electron chi connectivity index (χ4n) is 3.33. The maximum atomic E-state index is 6.05. The monoisotopic (exact) mass is 366 g/mol. The molecule has 142 valence electrons. The number of hydrogen-bond acceptors (Lipinski definition) is 6. The van der Waals surface area contributed by atoms with Crippen molar-refractivity contribution in [1.82, 2.24) is 24.9 Å². The Kier molecular flexibility index (Phi) is 4.94. The van der Waals surface area contributed by atoms with E-state index in [1.807, 2.05) is 24.4 Å². The van der Waals surface area contributed by atoms with Crippen molar-refractivity contribution in [2.24, 2.45) is 0 Å². The van der Waals surface area contributed by atoms with Gasteiger partial charge in [0.1, 0.15) is 6.10 Å². The van der Waals surface area contributed by atoms with Crippen LogP contribution in [0.15, 0.2) is 36.5 Å². The standard InChI is InChI=1S/C20H26N6O/c1-13(2)17-12-22-26-18(17)24-20(27-16-9-10-21-11-16)25-19(26)23-14(3)15-7-5-4-6-8-15/h4-8,12-14,16,21H,9-11H2,1-3H3,(H,23,24,25). The highest BCUT2D eigenvalue weighted by Crippen LogP contribution is 2.25. The van der Waals surface area contributed by atoms with Crippen molar-refractivity contribution in [2.75, 3.05) is 18.4 Å². The van der Waals surface area contributed by atoms with Gasteiger partial charge in [-0.25, -0.2) is 0 Å². The van der Waals surface area contributed by atoms with Gasteiger partial charge in [-0.3, -0.25) is 0 Å². The highest BCUT2D eigenvalue weighted by molar-refractivity contribution is 5.53. The number of anilines is 1. The van der Waals surface area contributed by atoms with Gasteiger partial charge in [0.2, 0.25) is 5.95 Å². The van der Waals surface area contributed by atoms with E-state index in [1.165, 1.54) is 5.56 Å². The lowest BCUT2D eigenvalue weighted by Crippen LogP contribution is -2.22. The average Bonchev–Trinajstić information content (AvgIpc) is 3.32. The van der Waals surface area contributed by atoms with E-state index in [4.69, 9.17) is 4.74 Å². The molecule has 0 aliphatic carbocycles. The third-order valence-electron chi connectivity index (χ3n) is 4.93. The molecule has 1 aliphatic rings. The fraction of sp³-hybridized carbons (Fsp3) is 0.450. The maximum Gasteiger partial charge on any atom is 0.322 e. The first-order chi connectivity index (χ1) is 13.1. The largest absolute Gasteiger partial charge is 0.459 e. The van der Waals surface area contributed by atoms with Gasteiger partial charge in [0.25, 0.3) is 0 Å². The minimum Gasteiger partial charge on any atom is -0.459 e. The van der Waals surface area contributed by atoms with Crippen LogP contribution in [0.3, 0.4) is 0 Å². The lowest BCUT2D eigenvalue weighted by molar-refractivity contribution is 0.204. The summed E-state index contributed by atoms with van der Waals surface area (Å²) >= 11 is 0. The normalized spacial score (nSPS) is 18.1. The number of fused-ring (bicyclic) bond motifs is 1. The van der Waals surface area contributed by atoms with Crippen molar-refractivity contribution in [3.63, 3.8) is 0 Å². The van der Waals surface area contributed by atoms with Crippen LogP contribution in [0.25, 0.3) is 5.65 Å². The molecule has 0 spiro atoms. The van der Waals surface area contributed by atoms with Gasteiger partial charge < -0.3 is 15.4 Å². The summed E-state index contributed by atoms with van der Waals surface area (Å²) in [7, 11) is 0. The molecule has 2 N–H and O–H groups in total. The Bertz CT molecular complexity index is 901. The zero-order valence-corrected chi connectivity index (χ0v) is 16.0. The molecular formula is C20H26N6O. The second kappa shape index (κ2) is 7.52. The van der Waals surface area contributed by atoms with Crippen LogP contribution in [-0.2, 0) is 0 Å². The van der Waals surface area contributed by atoms with Crippen molar-refractivity contribution >= 4 is 11.6 Å². The molecule has 1 aromatic carbocycles. The van der Waals surface area contributed by atoms with Crippen LogP contribution < -0.4 is 15.4 Å². The van der Waals surface area contributed by atoms with Gasteiger partial charge in [-0.1, -0.05) is 44.2 Å². The summed E-state index contributed by atoms with van der Waals surface area (Å²) in [6, 6.07) is 10.8. The molecule has 0 saturated carbocycles. The van der Waals surface area contributed by atoms with E-state index in [0.29, 0.717) is 17.9 Å². The average molecular weight is 366 g/mol. The van der Waals surface area contributed by atoms with Crippen LogP contribution in [0, 0.1) is 0 Å². The minimum atomic E-state index is 0.0806. The lowest BCUT2D eigenvalue weighted by Gasteiger charge is -2.17. The molecule has 2 unspecified atom stereocenters. The van der Waals surface area contributed by atoms with Gasteiger partial charge in [0, 0.05) is 12.1 Å². The van der Waals surface area contributed by atoms with Crippen molar-refractivity contribution in [1.29, 1.82) is 0 Å². The van der Waals surface area contributed by atoms with Gasteiger partial charge in [0.05, 0.1) is 12.2 Å². The molecule has 1 fully saturated rings. The van der Waals surface area contributed by atoms with Crippen molar-refractivity contribution in [3.8, 4) is 6.01 Å². The number of benzene rings is 1. The van der Waals surface area contributed by atoms with E-state index < -0.39 is 0 Å². The number of nitrogens with one attached hydrogen (secondary N) is 2. The van der Waals surface area contributed by atoms with E-state index in [-0.39, 0.29) is 12.1 Å². The zero-order chi connectivity index (χ0) is 18.8. The summed E-state index contributed by atoms with van der Waals surface area (Å²) in [5.41, 5.74) is 3.06. The number of hydrogen-bond donors (Lipinski definition) is 2. The molecule has 2 atom stereocenters. The molecule has 1 saturated heterocycles. The van der Waals surface area contributed by atoms with Gasteiger partial charge >= 0.3 is 6.01 Å². The van der Waals surface area contributed by atoms with Crippen LogP contribution in [0.4, 0.5) is 5.95 Å². The number of rotatable bonds is 6. The third kappa shape index (κ3) is 3.73. The maximum absolute atomic E-state index is 6.05. The highest BCUT2D eigenvalue weighted by Gasteiger charge is 2.21. The number of aromatic nitrogens is 4. The van der Waals surface area contributed by atoms with Crippen molar-refractivity contribution in [2.45, 2.75) is 45.3 Å². The Morgan fingerprint density at radius 3 is 2.70 bits per heavy atom. The Labute approximate surface area is 159 Å². The molecule has 7 nitrogen and oxygen atoms in total. The van der Waals surface area contributed by atoms with Gasteiger partial charge in [0.15, 0.2) is 5.65 Å². The molecule has 3 aromatic rings. The SMILES string of the molecule is CC(C)c1cnn2c(NC(C)c3ccccc3)nc(OC3CCNC3)nc12.